The minimum atomic E-state index is -4.76. The minimum absolute atomic E-state index is 0.0450. The fraction of sp³-hybridized carbons (Fsp3) is 0.458. The maximum Gasteiger partial charge on any atom is 0.446 e. The van der Waals surface area contributed by atoms with E-state index in [1.165, 1.54) is 25.3 Å². The third-order valence-electron chi connectivity index (χ3n) is 5.82. The lowest BCUT2D eigenvalue weighted by Gasteiger charge is -2.35. The molecule has 3 N–H and O–H groups in total. The van der Waals surface area contributed by atoms with Gasteiger partial charge in [-0.1, -0.05) is 24.3 Å². The largest absolute Gasteiger partial charge is 0.493 e. The number of nitrogens with one attached hydrogen (secondary N) is 1. The van der Waals surface area contributed by atoms with Crippen molar-refractivity contribution in [2.75, 3.05) is 58.3 Å². The number of β-amino-alcohol motifs (C(OH)–C–C–N with tert-alkyl or cyclic N) is 1. The molecule has 12 heteroatoms. The molecule has 1 unspecified atom stereocenters. The fourth-order valence-electron chi connectivity index (χ4n) is 4.03. The number of aliphatic hydroxyl groups excluding tert-OH is 1. The molecule has 1 saturated heterocycles. The summed E-state index contributed by atoms with van der Waals surface area (Å²) in [6.07, 6.45) is -0.882. The molecule has 0 spiro atoms. The number of aliphatic hydroxyl groups is 1. The van der Waals surface area contributed by atoms with Gasteiger partial charge in [-0.25, -0.2) is 0 Å². The zero-order valence-corrected chi connectivity index (χ0v) is 21.5. The summed E-state index contributed by atoms with van der Waals surface area (Å²) in [6.45, 7) is 7.07. The molecule has 3 rings (SSSR count). The Kier molecular flexibility index (Phi) is 9.51. The fourth-order valence-corrected chi connectivity index (χ4v) is 4.39. The highest BCUT2D eigenvalue weighted by Crippen LogP contribution is 2.37. The molecule has 198 valence electrons. The van der Waals surface area contributed by atoms with Crippen LogP contribution in [-0.2, 0) is 15.2 Å². The monoisotopic (exact) mass is 523 g/mol. The number of hydrogen-bond acceptors (Lipinski definition) is 9. The number of nitrogens with zero attached hydrogens (tertiary/aromatic N) is 2. The van der Waals surface area contributed by atoms with Crippen molar-refractivity contribution in [1.29, 1.82) is 0 Å². The molecule has 2 aromatic carbocycles. The summed E-state index contributed by atoms with van der Waals surface area (Å²) in [7, 11) is -3.39. The van der Waals surface area contributed by atoms with Crippen LogP contribution in [0.25, 0.3) is 0 Å². The topological polar surface area (TPSA) is 138 Å². The Morgan fingerprint density at radius 1 is 1.03 bits per heavy atom. The van der Waals surface area contributed by atoms with E-state index < -0.39 is 16.5 Å². The summed E-state index contributed by atoms with van der Waals surface area (Å²) >= 11 is 0. The standard InChI is InChI=1S/C24H33N3O8S/c1-17-6-4-7-18(2)23(17)25-22(29)15-27-12-10-26(11-13-27)14-19(28)16-34-24-20(33-3)8-5-9-21(24)35-36(30,31)32/h4-9,19,28H,10-16H2,1-3H3,(H,25,29)(H,30,31,32). The first kappa shape index (κ1) is 27.7. The summed E-state index contributed by atoms with van der Waals surface area (Å²) in [5.41, 5.74) is 2.90. The van der Waals surface area contributed by atoms with E-state index in [2.05, 4.69) is 19.3 Å². The van der Waals surface area contributed by atoms with Crippen LogP contribution < -0.4 is 19.0 Å². The second kappa shape index (κ2) is 12.4. The van der Waals surface area contributed by atoms with E-state index in [4.69, 9.17) is 14.0 Å². The summed E-state index contributed by atoms with van der Waals surface area (Å²) in [5, 5.41) is 13.5. The zero-order valence-electron chi connectivity index (χ0n) is 20.6. The Morgan fingerprint density at radius 3 is 2.22 bits per heavy atom. The van der Waals surface area contributed by atoms with Crippen molar-refractivity contribution in [2.24, 2.45) is 0 Å². The van der Waals surface area contributed by atoms with Crippen molar-refractivity contribution < 1.29 is 36.5 Å². The molecule has 1 atom stereocenters. The van der Waals surface area contributed by atoms with E-state index in [9.17, 15) is 18.3 Å². The maximum absolute atomic E-state index is 12.5. The summed E-state index contributed by atoms with van der Waals surface area (Å²) in [4.78, 5) is 16.7. The SMILES string of the molecule is COc1cccc(OS(=O)(=O)O)c1OCC(O)CN1CCN(CC(=O)Nc2c(C)cccc2C)CC1. The molecular weight excluding hydrogens is 490 g/mol. The molecule has 0 radical (unpaired) electrons. The van der Waals surface area contributed by atoms with Crippen LogP contribution in [0, 0.1) is 13.8 Å². The lowest BCUT2D eigenvalue weighted by atomic mass is 10.1. The van der Waals surface area contributed by atoms with Gasteiger partial charge in [0.2, 0.25) is 11.7 Å². The minimum Gasteiger partial charge on any atom is -0.493 e. The molecule has 11 nitrogen and oxygen atoms in total. The van der Waals surface area contributed by atoms with Crippen molar-refractivity contribution in [1.82, 2.24) is 9.80 Å². The van der Waals surface area contributed by atoms with Crippen LogP contribution >= 0.6 is 0 Å². The first-order valence-electron chi connectivity index (χ1n) is 11.5. The third-order valence-corrected chi connectivity index (χ3v) is 6.21. The molecule has 1 aliphatic rings. The molecule has 1 fully saturated rings. The number of carbonyl (C=O) groups is 1. The van der Waals surface area contributed by atoms with Crippen molar-refractivity contribution in [3.05, 3.63) is 47.5 Å². The van der Waals surface area contributed by atoms with E-state index >= 15 is 0 Å². The van der Waals surface area contributed by atoms with Crippen LogP contribution in [0.5, 0.6) is 17.2 Å². The highest BCUT2D eigenvalue weighted by molar-refractivity contribution is 7.81. The van der Waals surface area contributed by atoms with Crippen molar-refractivity contribution in [2.45, 2.75) is 20.0 Å². The second-order valence-corrected chi connectivity index (χ2v) is 9.68. The van der Waals surface area contributed by atoms with Gasteiger partial charge >= 0.3 is 10.4 Å². The number of rotatable bonds is 11. The molecule has 1 amide bonds. The molecule has 2 aromatic rings. The van der Waals surface area contributed by atoms with E-state index in [-0.39, 0.29) is 36.3 Å². The van der Waals surface area contributed by atoms with Crippen LogP contribution in [0.4, 0.5) is 5.69 Å². The predicted molar refractivity (Wildman–Crippen MR) is 134 cm³/mol. The molecule has 0 saturated carbocycles. The quantitative estimate of drug-likeness (QED) is 0.371. The van der Waals surface area contributed by atoms with Gasteiger partial charge in [-0.15, -0.1) is 0 Å². The Hall–Kier alpha value is -2.90. The lowest BCUT2D eigenvalue weighted by molar-refractivity contribution is -0.117. The maximum atomic E-state index is 12.5. The number of para-hydroxylation sites is 2. The van der Waals surface area contributed by atoms with Crippen LogP contribution in [0.15, 0.2) is 36.4 Å². The van der Waals surface area contributed by atoms with Crippen LogP contribution in [0.1, 0.15) is 11.1 Å². The van der Waals surface area contributed by atoms with Gasteiger partial charge in [0.05, 0.1) is 13.7 Å². The van der Waals surface area contributed by atoms with E-state index in [0.29, 0.717) is 32.7 Å². The van der Waals surface area contributed by atoms with Crippen molar-refractivity contribution in [3.8, 4) is 17.2 Å². The van der Waals surface area contributed by atoms with Gasteiger partial charge in [0.15, 0.2) is 11.5 Å². The molecular formula is C24H33N3O8S. The summed E-state index contributed by atoms with van der Waals surface area (Å²) < 4.78 is 46.5. The molecule has 0 aromatic heterocycles. The molecule has 1 heterocycles. The predicted octanol–water partition coefficient (Wildman–Crippen LogP) is 1.49. The van der Waals surface area contributed by atoms with Crippen molar-refractivity contribution >= 4 is 22.0 Å². The lowest BCUT2D eigenvalue weighted by Crippen LogP contribution is -2.50. The normalized spacial score (nSPS) is 15.8. The Balaban J connectivity index is 1.46. The van der Waals surface area contributed by atoms with Crippen LogP contribution in [0.2, 0.25) is 0 Å². The highest BCUT2D eigenvalue weighted by atomic mass is 32.3. The van der Waals surface area contributed by atoms with Gasteiger partial charge in [-0.3, -0.25) is 19.1 Å². The number of anilines is 1. The molecule has 36 heavy (non-hydrogen) atoms. The number of amides is 1. The van der Waals surface area contributed by atoms with E-state index in [1.807, 2.05) is 32.0 Å². The second-order valence-electron chi connectivity index (χ2n) is 8.66. The first-order chi connectivity index (χ1) is 17.1. The Labute approximate surface area is 211 Å². The summed E-state index contributed by atoms with van der Waals surface area (Å²) in [6, 6.07) is 10.2. The van der Waals surface area contributed by atoms with Crippen LogP contribution in [0.3, 0.4) is 0 Å². The highest BCUT2D eigenvalue weighted by Gasteiger charge is 2.23. The number of piperazine rings is 1. The van der Waals surface area contributed by atoms with Gasteiger partial charge in [-0.2, -0.15) is 8.42 Å². The number of carbonyl (C=O) groups excluding carboxylic acids is 1. The van der Waals surface area contributed by atoms with Crippen LogP contribution in [-0.4, -0.2) is 92.9 Å². The zero-order chi connectivity index (χ0) is 26.3. The van der Waals surface area contributed by atoms with E-state index in [1.54, 1.807) is 0 Å². The average Bonchev–Trinajstić information content (AvgIpc) is 2.81. The summed E-state index contributed by atoms with van der Waals surface area (Å²) in [5.74, 6) is -0.168. The van der Waals surface area contributed by atoms with Gasteiger partial charge in [0.1, 0.15) is 12.7 Å². The third kappa shape index (κ3) is 8.07. The number of methoxy groups -OCH3 is 1. The van der Waals surface area contributed by atoms with Gasteiger partial charge < -0.3 is 24.1 Å². The number of aryl methyl sites for hydroxylation is 2. The van der Waals surface area contributed by atoms with E-state index in [0.717, 1.165) is 16.8 Å². The number of ether oxygens (including phenoxy) is 2. The van der Waals surface area contributed by atoms with Gasteiger partial charge in [0.25, 0.3) is 0 Å². The molecule has 1 aliphatic heterocycles. The molecule has 0 aliphatic carbocycles. The molecule has 0 bridgehead atoms. The Bertz CT molecular complexity index is 1130. The Morgan fingerprint density at radius 2 is 1.61 bits per heavy atom. The smallest absolute Gasteiger partial charge is 0.446 e. The first-order valence-corrected chi connectivity index (χ1v) is 12.9. The van der Waals surface area contributed by atoms with Gasteiger partial charge in [0, 0.05) is 38.4 Å². The number of hydrogen-bond donors (Lipinski definition) is 3. The average molecular weight is 524 g/mol. The number of benzene rings is 2. The van der Waals surface area contributed by atoms with Crippen molar-refractivity contribution in [3.63, 3.8) is 0 Å². The van der Waals surface area contributed by atoms with Gasteiger partial charge in [-0.05, 0) is 37.1 Å².